The zero-order valence-electron chi connectivity index (χ0n) is 13.5. The van der Waals surface area contributed by atoms with Crippen LogP contribution in [0.3, 0.4) is 0 Å². The van der Waals surface area contributed by atoms with Crippen LogP contribution in [0.15, 0.2) is 65.7 Å². The molecule has 0 unspecified atom stereocenters. The summed E-state index contributed by atoms with van der Waals surface area (Å²) in [7, 11) is 0. The van der Waals surface area contributed by atoms with Crippen molar-refractivity contribution in [2.45, 2.75) is 0 Å². The highest BCUT2D eigenvalue weighted by Crippen LogP contribution is 2.23. The summed E-state index contributed by atoms with van der Waals surface area (Å²) in [5.74, 6) is 4.75. The number of carbonyl (C=O) groups is 1. The first-order valence-corrected chi connectivity index (χ1v) is 7.81. The van der Waals surface area contributed by atoms with E-state index in [0.29, 0.717) is 22.6 Å². The molecule has 4 N–H and O–H groups in total. The van der Waals surface area contributed by atoms with Crippen LogP contribution in [0.25, 0.3) is 28.2 Å². The Morgan fingerprint density at radius 3 is 2.65 bits per heavy atom. The number of hydrazine groups is 1. The molecule has 0 saturated carbocycles. The first kappa shape index (κ1) is 15.7. The quantitative estimate of drug-likeness (QED) is 0.294. The molecule has 8 nitrogen and oxygen atoms in total. The Morgan fingerprint density at radius 2 is 1.96 bits per heavy atom. The molecule has 0 atom stereocenters. The number of benzene rings is 1. The van der Waals surface area contributed by atoms with Crippen LogP contribution >= 0.6 is 0 Å². The summed E-state index contributed by atoms with van der Waals surface area (Å²) >= 11 is 0. The van der Waals surface area contributed by atoms with Gasteiger partial charge in [-0.1, -0.05) is 18.2 Å². The number of amides is 1. The molecular formula is C18H14N6O2. The summed E-state index contributed by atoms with van der Waals surface area (Å²) in [6, 6.07) is 13.7. The predicted octanol–water partition coefficient (Wildman–Crippen LogP) is 1.36. The third kappa shape index (κ3) is 2.64. The summed E-state index contributed by atoms with van der Waals surface area (Å²) in [5.41, 5.74) is 5.60. The highest BCUT2D eigenvalue weighted by Gasteiger charge is 2.12. The van der Waals surface area contributed by atoms with Crippen LogP contribution in [0.4, 0.5) is 0 Å². The van der Waals surface area contributed by atoms with E-state index in [2.05, 4.69) is 20.5 Å². The Labute approximate surface area is 147 Å². The number of nitrogens with two attached hydrogens (primary N) is 1. The number of fused-ring (bicyclic) bond motifs is 1. The number of pyridine rings is 1. The number of nitrogen functional groups attached to an aromatic ring is 1. The molecular weight excluding hydrogens is 332 g/mol. The Kier molecular flexibility index (Phi) is 3.79. The van der Waals surface area contributed by atoms with Gasteiger partial charge in [-0.3, -0.25) is 20.0 Å². The van der Waals surface area contributed by atoms with Crippen molar-refractivity contribution in [3.8, 4) is 22.5 Å². The van der Waals surface area contributed by atoms with Crippen LogP contribution in [0.2, 0.25) is 0 Å². The van der Waals surface area contributed by atoms with Gasteiger partial charge in [0.05, 0.1) is 23.1 Å². The number of rotatable bonds is 3. The van der Waals surface area contributed by atoms with E-state index in [1.807, 2.05) is 18.2 Å². The fraction of sp³-hybridized carbons (Fsp3) is 0. The standard InChI is InChI=1S/C18H14N6O2/c19-23-18(26)12-6-4-11(5-7-12)15-9-16(25)24-17(22-15)13(10-21-24)14-3-1-2-8-20-14/h1-10,22H,19H2,(H,23,26). The maximum absolute atomic E-state index is 12.4. The van der Waals surface area contributed by atoms with Gasteiger partial charge in [-0.05, 0) is 29.8 Å². The zero-order valence-corrected chi connectivity index (χ0v) is 13.5. The largest absolute Gasteiger partial charge is 0.339 e. The van der Waals surface area contributed by atoms with Crippen LogP contribution < -0.4 is 16.8 Å². The molecule has 128 valence electrons. The molecule has 1 aromatic carbocycles. The van der Waals surface area contributed by atoms with Crippen LogP contribution in [0, 0.1) is 0 Å². The second-order valence-corrected chi connectivity index (χ2v) is 5.61. The van der Waals surface area contributed by atoms with Gasteiger partial charge < -0.3 is 4.98 Å². The molecule has 1 amide bonds. The summed E-state index contributed by atoms with van der Waals surface area (Å²) in [6.07, 6.45) is 3.29. The van der Waals surface area contributed by atoms with Crippen molar-refractivity contribution in [1.82, 2.24) is 25.0 Å². The second-order valence-electron chi connectivity index (χ2n) is 5.61. The summed E-state index contributed by atoms with van der Waals surface area (Å²) in [6.45, 7) is 0. The number of nitrogens with one attached hydrogen (secondary N) is 2. The van der Waals surface area contributed by atoms with Gasteiger partial charge in [0, 0.05) is 17.8 Å². The number of aromatic amines is 1. The molecule has 0 aliphatic carbocycles. The Bertz CT molecular complexity index is 1150. The van der Waals surface area contributed by atoms with Crippen LogP contribution in [0.1, 0.15) is 10.4 Å². The molecule has 0 saturated heterocycles. The smallest absolute Gasteiger partial charge is 0.274 e. The fourth-order valence-corrected chi connectivity index (χ4v) is 2.73. The van der Waals surface area contributed by atoms with Crippen molar-refractivity contribution in [3.05, 3.63) is 76.8 Å². The van der Waals surface area contributed by atoms with Gasteiger partial charge in [0.15, 0.2) is 0 Å². The minimum absolute atomic E-state index is 0.264. The van der Waals surface area contributed by atoms with Gasteiger partial charge in [0.2, 0.25) is 0 Å². The van der Waals surface area contributed by atoms with Crippen LogP contribution in [0.5, 0.6) is 0 Å². The van der Waals surface area contributed by atoms with E-state index in [0.717, 1.165) is 11.1 Å². The molecule has 4 aromatic rings. The fourth-order valence-electron chi connectivity index (χ4n) is 2.73. The molecule has 0 bridgehead atoms. The summed E-state index contributed by atoms with van der Waals surface area (Å²) in [5, 5.41) is 4.14. The third-order valence-electron chi connectivity index (χ3n) is 4.03. The monoisotopic (exact) mass is 346 g/mol. The highest BCUT2D eigenvalue weighted by molar-refractivity contribution is 5.94. The number of hydrogen-bond donors (Lipinski definition) is 3. The van der Waals surface area contributed by atoms with Gasteiger partial charge in [0.1, 0.15) is 5.65 Å². The molecule has 8 heteroatoms. The molecule has 0 aliphatic heterocycles. The lowest BCUT2D eigenvalue weighted by molar-refractivity contribution is 0.0953. The average molecular weight is 346 g/mol. The topological polar surface area (TPSA) is 118 Å². The molecule has 0 spiro atoms. The predicted molar refractivity (Wildman–Crippen MR) is 96.1 cm³/mol. The third-order valence-corrected chi connectivity index (χ3v) is 4.03. The lowest BCUT2D eigenvalue weighted by Gasteiger charge is -2.06. The maximum Gasteiger partial charge on any atom is 0.274 e. The number of carbonyl (C=O) groups excluding carboxylic acids is 1. The average Bonchev–Trinajstić information content (AvgIpc) is 3.13. The molecule has 0 radical (unpaired) electrons. The molecule has 0 fully saturated rings. The Balaban J connectivity index is 1.84. The van der Waals surface area contributed by atoms with E-state index < -0.39 is 0 Å². The van der Waals surface area contributed by atoms with Gasteiger partial charge >= 0.3 is 0 Å². The number of H-pyrrole nitrogens is 1. The number of hydrogen-bond acceptors (Lipinski definition) is 5. The molecule has 3 aromatic heterocycles. The van der Waals surface area contributed by atoms with E-state index in [1.165, 1.54) is 10.6 Å². The molecule has 4 rings (SSSR count). The molecule has 0 aliphatic rings. The van der Waals surface area contributed by atoms with Gasteiger partial charge in [0.25, 0.3) is 11.5 Å². The normalized spacial score (nSPS) is 10.8. The van der Waals surface area contributed by atoms with E-state index >= 15 is 0 Å². The highest BCUT2D eigenvalue weighted by atomic mass is 16.2. The van der Waals surface area contributed by atoms with Gasteiger partial charge in [-0.15, -0.1) is 0 Å². The van der Waals surface area contributed by atoms with Crippen molar-refractivity contribution in [3.63, 3.8) is 0 Å². The van der Waals surface area contributed by atoms with E-state index in [1.54, 1.807) is 36.7 Å². The van der Waals surface area contributed by atoms with Gasteiger partial charge in [-0.2, -0.15) is 9.61 Å². The summed E-state index contributed by atoms with van der Waals surface area (Å²) in [4.78, 5) is 31.5. The lowest BCUT2D eigenvalue weighted by atomic mass is 10.1. The second kappa shape index (κ2) is 6.26. The zero-order chi connectivity index (χ0) is 18.1. The summed E-state index contributed by atoms with van der Waals surface area (Å²) < 4.78 is 1.30. The van der Waals surface area contributed by atoms with E-state index in [4.69, 9.17) is 5.84 Å². The Morgan fingerprint density at radius 1 is 1.15 bits per heavy atom. The first-order chi connectivity index (χ1) is 12.7. The van der Waals surface area contributed by atoms with Crippen molar-refractivity contribution >= 4 is 11.6 Å². The van der Waals surface area contributed by atoms with E-state index in [9.17, 15) is 9.59 Å². The Hall–Kier alpha value is -3.78. The van der Waals surface area contributed by atoms with Crippen molar-refractivity contribution in [2.75, 3.05) is 0 Å². The van der Waals surface area contributed by atoms with Crippen molar-refractivity contribution < 1.29 is 4.79 Å². The number of nitrogens with zero attached hydrogens (tertiary/aromatic N) is 3. The van der Waals surface area contributed by atoms with E-state index in [-0.39, 0.29) is 11.5 Å². The van der Waals surface area contributed by atoms with Gasteiger partial charge in [-0.25, -0.2) is 5.84 Å². The van der Waals surface area contributed by atoms with Crippen LogP contribution in [-0.2, 0) is 0 Å². The van der Waals surface area contributed by atoms with Crippen molar-refractivity contribution in [1.29, 1.82) is 0 Å². The lowest BCUT2D eigenvalue weighted by Crippen LogP contribution is -2.29. The number of aromatic nitrogens is 4. The maximum atomic E-state index is 12.4. The minimum Gasteiger partial charge on any atom is -0.339 e. The minimum atomic E-state index is -0.381. The SMILES string of the molecule is NNC(=O)c1ccc(-c2cc(=O)n3ncc(-c4ccccn4)c3[nH]2)cc1. The van der Waals surface area contributed by atoms with Crippen LogP contribution in [-0.4, -0.2) is 25.5 Å². The first-order valence-electron chi connectivity index (χ1n) is 7.81. The van der Waals surface area contributed by atoms with Crippen molar-refractivity contribution in [2.24, 2.45) is 5.84 Å². The molecule has 26 heavy (non-hydrogen) atoms. The molecule has 3 heterocycles.